The van der Waals surface area contributed by atoms with E-state index in [4.69, 9.17) is 11.6 Å². The highest BCUT2D eigenvalue weighted by atomic mass is 35.5. The molecule has 0 radical (unpaired) electrons. The van der Waals surface area contributed by atoms with E-state index < -0.39 is 0 Å². The average Bonchev–Trinajstić information content (AvgIpc) is 2.77. The molecular weight excluding hydrogens is 248 g/mol. The Hall–Kier alpha value is -1.74. The van der Waals surface area contributed by atoms with Crippen molar-refractivity contribution in [3.8, 4) is 11.3 Å². The quantitative estimate of drug-likeness (QED) is 0.903. The summed E-state index contributed by atoms with van der Waals surface area (Å²) in [5.41, 5.74) is 2.07. The number of carbonyl (C=O) groups is 1. The Balaban J connectivity index is 2.18. The maximum Gasteiger partial charge on any atom is 0.216 e. The molecule has 2 aromatic rings. The predicted octanol–water partition coefficient (Wildman–Crippen LogP) is 2.94. The summed E-state index contributed by atoms with van der Waals surface area (Å²) in [5, 5.41) is 3.52. The molecule has 0 atom stereocenters. The van der Waals surface area contributed by atoms with Gasteiger partial charge in [0.05, 0.1) is 0 Å². The fourth-order valence-electron chi connectivity index (χ4n) is 1.87. The monoisotopic (exact) mass is 262 g/mol. The standard InChI is InChI=1S/C14H15ClN2O/c1-11(18)16-8-10-17-9-4-7-14(17)12-5-2-3-6-13(12)15/h2-7,9H,8,10H2,1H3,(H,16,18). The predicted molar refractivity (Wildman–Crippen MR) is 73.6 cm³/mol. The molecule has 0 unspecified atom stereocenters. The summed E-state index contributed by atoms with van der Waals surface area (Å²) in [7, 11) is 0. The van der Waals surface area contributed by atoms with Crippen LogP contribution in [0.5, 0.6) is 0 Å². The van der Waals surface area contributed by atoms with Gasteiger partial charge in [-0.2, -0.15) is 0 Å². The molecule has 1 N–H and O–H groups in total. The summed E-state index contributed by atoms with van der Waals surface area (Å²) < 4.78 is 2.08. The van der Waals surface area contributed by atoms with Gasteiger partial charge in [-0.3, -0.25) is 4.79 Å². The van der Waals surface area contributed by atoms with Gasteiger partial charge in [0.25, 0.3) is 0 Å². The van der Waals surface area contributed by atoms with Gasteiger partial charge in [0, 0.05) is 42.5 Å². The molecule has 1 amide bonds. The zero-order valence-corrected chi connectivity index (χ0v) is 10.9. The first-order valence-corrected chi connectivity index (χ1v) is 6.21. The van der Waals surface area contributed by atoms with E-state index in [9.17, 15) is 4.79 Å². The Morgan fingerprint density at radius 1 is 1.28 bits per heavy atom. The molecule has 0 bridgehead atoms. The second kappa shape index (κ2) is 5.74. The van der Waals surface area contributed by atoms with Gasteiger partial charge in [-0.05, 0) is 18.2 Å². The molecule has 1 aromatic heterocycles. The largest absolute Gasteiger partial charge is 0.355 e. The number of nitrogens with one attached hydrogen (secondary N) is 1. The highest BCUT2D eigenvalue weighted by Crippen LogP contribution is 2.27. The van der Waals surface area contributed by atoms with Gasteiger partial charge < -0.3 is 9.88 Å². The van der Waals surface area contributed by atoms with Gasteiger partial charge in [0.1, 0.15) is 0 Å². The lowest BCUT2D eigenvalue weighted by molar-refractivity contribution is -0.118. The molecule has 0 spiro atoms. The molecule has 94 valence electrons. The number of hydrogen-bond acceptors (Lipinski definition) is 1. The number of carbonyl (C=O) groups excluding carboxylic acids is 1. The van der Waals surface area contributed by atoms with Crippen molar-refractivity contribution in [3.05, 3.63) is 47.6 Å². The minimum atomic E-state index is -0.0125. The number of aromatic nitrogens is 1. The molecule has 0 fully saturated rings. The summed E-state index contributed by atoms with van der Waals surface area (Å²) in [6.45, 7) is 2.86. The minimum absolute atomic E-state index is 0.0125. The van der Waals surface area contributed by atoms with Gasteiger partial charge in [-0.25, -0.2) is 0 Å². The normalized spacial score (nSPS) is 10.3. The first kappa shape index (κ1) is 12.7. The molecule has 0 aliphatic heterocycles. The number of halogens is 1. The van der Waals surface area contributed by atoms with Crippen LogP contribution >= 0.6 is 11.6 Å². The number of amides is 1. The van der Waals surface area contributed by atoms with E-state index in [1.807, 2.05) is 42.6 Å². The van der Waals surface area contributed by atoms with Crippen LogP contribution in [-0.4, -0.2) is 17.0 Å². The molecule has 0 aliphatic rings. The third kappa shape index (κ3) is 2.93. The van der Waals surface area contributed by atoms with Crippen LogP contribution < -0.4 is 5.32 Å². The lowest BCUT2D eigenvalue weighted by atomic mass is 10.1. The van der Waals surface area contributed by atoms with Crippen molar-refractivity contribution in [1.82, 2.24) is 9.88 Å². The van der Waals surface area contributed by atoms with Crippen molar-refractivity contribution < 1.29 is 4.79 Å². The molecule has 3 nitrogen and oxygen atoms in total. The van der Waals surface area contributed by atoms with E-state index in [-0.39, 0.29) is 5.91 Å². The van der Waals surface area contributed by atoms with Crippen molar-refractivity contribution in [2.75, 3.05) is 6.54 Å². The van der Waals surface area contributed by atoms with Crippen LogP contribution in [0.15, 0.2) is 42.6 Å². The fraction of sp³-hybridized carbons (Fsp3) is 0.214. The topological polar surface area (TPSA) is 34.0 Å². The van der Waals surface area contributed by atoms with E-state index >= 15 is 0 Å². The van der Waals surface area contributed by atoms with Crippen molar-refractivity contribution in [2.24, 2.45) is 0 Å². The lowest BCUT2D eigenvalue weighted by Crippen LogP contribution is -2.24. The molecule has 18 heavy (non-hydrogen) atoms. The third-order valence-corrected chi connectivity index (χ3v) is 3.04. The van der Waals surface area contributed by atoms with Gasteiger partial charge >= 0.3 is 0 Å². The maximum atomic E-state index is 10.8. The second-order valence-corrected chi connectivity index (χ2v) is 4.46. The van der Waals surface area contributed by atoms with E-state index in [1.54, 1.807) is 0 Å². The van der Waals surface area contributed by atoms with Gasteiger partial charge in [0.15, 0.2) is 0 Å². The van der Waals surface area contributed by atoms with Crippen molar-refractivity contribution in [3.63, 3.8) is 0 Å². The van der Waals surface area contributed by atoms with Crippen LogP contribution in [0.4, 0.5) is 0 Å². The van der Waals surface area contributed by atoms with E-state index in [2.05, 4.69) is 9.88 Å². The molecule has 0 aliphatic carbocycles. The van der Waals surface area contributed by atoms with Crippen LogP contribution in [0, 0.1) is 0 Å². The molecule has 2 rings (SSSR count). The van der Waals surface area contributed by atoms with Crippen LogP contribution in [0.1, 0.15) is 6.92 Å². The minimum Gasteiger partial charge on any atom is -0.355 e. The van der Waals surface area contributed by atoms with Crippen molar-refractivity contribution in [1.29, 1.82) is 0 Å². The Morgan fingerprint density at radius 3 is 2.78 bits per heavy atom. The van der Waals surface area contributed by atoms with Crippen molar-refractivity contribution in [2.45, 2.75) is 13.5 Å². The van der Waals surface area contributed by atoms with Crippen LogP contribution in [0.3, 0.4) is 0 Å². The van der Waals surface area contributed by atoms with Crippen molar-refractivity contribution >= 4 is 17.5 Å². The zero-order chi connectivity index (χ0) is 13.0. The van der Waals surface area contributed by atoms with Crippen LogP contribution in [0.25, 0.3) is 11.3 Å². The third-order valence-electron chi connectivity index (χ3n) is 2.71. The second-order valence-electron chi connectivity index (χ2n) is 4.05. The maximum absolute atomic E-state index is 10.8. The summed E-state index contributed by atoms with van der Waals surface area (Å²) in [6.07, 6.45) is 1.99. The smallest absolute Gasteiger partial charge is 0.216 e. The zero-order valence-electron chi connectivity index (χ0n) is 10.2. The average molecular weight is 263 g/mol. The molecule has 4 heteroatoms. The number of rotatable bonds is 4. The molecule has 0 saturated carbocycles. The Labute approximate surface area is 111 Å². The highest BCUT2D eigenvalue weighted by molar-refractivity contribution is 6.33. The molecule has 1 aromatic carbocycles. The number of benzene rings is 1. The summed E-state index contributed by atoms with van der Waals surface area (Å²) in [4.78, 5) is 10.8. The number of hydrogen-bond donors (Lipinski definition) is 1. The highest BCUT2D eigenvalue weighted by Gasteiger charge is 2.07. The fourth-order valence-corrected chi connectivity index (χ4v) is 2.11. The van der Waals surface area contributed by atoms with Crippen LogP contribution in [0.2, 0.25) is 5.02 Å². The lowest BCUT2D eigenvalue weighted by Gasteiger charge is -2.10. The Bertz CT molecular complexity index is 548. The summed E-state index contributed by atoms with van der Waals surface area (Å²) in [5.74, 6) is -0.0125. The molecule has 1 heterocycles. The SMILES string of the molecule is CC(=O)NCCn1cccc1-c1ccccc1Cl. The summed E-state index contributed by atoms with van der Waals surface area (Å²) in [6, 6.07) is 11.7. The van der Waals surface area contributed by atoms with E-state index in [0.717, 1.165) is 22.8 Å². The Kier molecular flexibility index (Phi) is 4.05. The van der Waals surface area contributed by atoms with E-state index in [0.29, 0.717) is 6.54 Å². The first-order chi connectivity index (χ1) is 8.68. The van der Waals surface area contributed by atoms with Crippen LogP contribution in [-0.2, 0) is 11.3 Å². The number of nitrogens with zero attached hydrogens (tertiary/aromatic N) is 1. The Morgan fingerprint density at radius 2 is 2.06 bits per heavy atom. The van der Waals surface area contributed by atoms with E-state index in [1.165, 1.54) is 6.92 Å². The molecular formula is C14H15ClN2O. The first-order valence-electron chi connectivity index (χ1n) is 5.83. The summed E-state index contributed by atoms with van der Waals surface area (Å²) >= 11 is 6.19. The van der Waals surface area contributed by atoms with Gasteiger partial charge in [-0.15, -0.1) is 0 Å². The van der Waals surface area contributed by atoms with Gasteiger partial charge in [-0.1, -0.05) is 29.8 Å². The molecule has 0 saturated heterocycles. The van der Waals surface area contributed by atoms with Gasteiger partial charge in [0.2, 0.25) is 5.91 Å².